The third-order valence-corrected chi connectivity index (χ3v) is 5.42. The van der Waals surface area contributed by atoms with Gasteiger partial charge >= 0.3 is 0 Å². The van der Waals surface area contributed by atoms with E-state index in [1.807, 2.05) is 0 Å². The van der Waals surface area contributed by atoms with Crippen molar-refractivity contribution < 1.29 is 22.4 Å². The number of carbonyl (C=O) groups is 2. The molecule has 0 bridgehead atoms. The molecule has 0 spiro atoms. The highest BCUT2D eigenvalue weighted by atomic mass is 32.2. The number of hydrogen-bond donors (Lipinski definition) is 1. The van der Waals surface area contributed by atoms with E-state index in [4.69, 9.17) is 0 Å². The molecular formula is C15H19FN2O4S. The van der Waals surface area contributed by atoms with Gasteiger partial charge in [0.05, 0.1) is 11.5 Å². The summed E-state index contributed by atoms with van der Waals surface area (Å²) in [5.74, 6) is -1.52. The summed E-state index contributed by atoms with van der Waals surface area (Å²) in [5, 5.41) is 2.51. The van der Waals surface area contributed by atoms with Crippen LogP contribution in [0.1, 0.15) is 22.8 Å². The highest BCUT2D eigenvalue weighted by molar-refractivity contribution is 7.91. The average Bonchev–Trinajstić information content (AvgIpc) is 2.49. The fourth-order valence-electron chi connectivity index (χ4n) is 2.28. The second kappa shape index (κ2) is 6.66. The molecule has 1 atom stereocenters. The Kier molecular flexibility index (Phi) is 5.03. The SMILES string of the molecule is Cc1ccc(C(=O)N[C@H](C)C(=O)N2CCS(=O)(=O)CC2)cc1F. The van der Waals surface area contributed by atoms with Crippen molar-refractivity contribution in [3.8, 4) is 0 Å². The van der Waals surface area contributed by atoms with Gasteiger partial charge in [-0.15, -0.1) is 0 Å². The van der Waals surface area contributed by atoms with Crippen molar-refractivity contribution in [1.29, 1.82) is 0 Å². The molecule has 8 heteroatoms. The zero-order valence-corrected chi connectivity index (χ0v) is 13.8. The zero-order chi connectivity index (χ0) is 17.2. The summed E-state index contributed by atoms with van der Waals surface area (Å²) >= 11 is 0. The molecule has 1 aliphatic heterocycles. The molecule has 1 fully saturated rings. The number of benzene rings is 1. The summed E-state index contributed by atoms with van der Waals surface area (Å²) in [4.78, 5) is 25.7. The Labute approximate surface area is 134 Å². The Morgan fingerprint density at radius 1 is 1.26 bits per heavy atom. The van der Waals surface area contributed by atoms with Crippen LogP contribution in [0.3, 0.4) is 0 Å². The Morgan fingerprint density at radius 3 is 2.43 bits per heavy atom. The standard InChI is InChI=1S/C15H19FN2O4S/c1-10-3-4-12(9-13(10)16)14(19)17-11(2)15(20)18-5-7-23(21,22)8-6-18/h3-4,9,11H,5-8H2,1-2H3,(H,17,19)/t11-/m1/s1. The van der Waals surface area contributed by atoms with Crippen molar-refractivity contribution in [2.45, 2.75) is 19.9 Å². The molecule has 6 nitrogen and oxygen atoms in total. The molecule has 1 aliphatic rings. The van der Waals surface area contributed by atoms with Gasteiger partial charge in [0.25, 0.3) is 5.91 Å². The highest BCUT2D eigenvalue weighted by Gasteiger charge is 2.28. The average molecular weight is 342 g/mol. The maximum atomic E-state index is 13.5. The van der Waals surface area contributed by atoms with Crippen LogP contribution in [0.25, 0.3) is 0 Å². The minimum absolute atomic E-state index is 0.0669. The van der Waals surface area contributed by atoms with Crippen molar-refractivity contribution in [2.75, 3.05) is 24.6 Å². The smallest absolute Gasteiger partial charge is 0.252 e. The minimum atomic E-state index is -3.07. The first-order chi connectivity index (χ1) is 10.7. The molecule has 23 heavy (non-hydrogen) atoms. The maximum absolute atomic E-state index is 13.5. The topological polar surface area (TPSA) is 83.6 Å². The van der Waals surface area contributed by atoms with Gasteiger partial charge in [-0.3, -0.25) is 9.59 Å². The molecular weight excluding hydrogens is 323 g/mol. The van der Waals surface area contributed by atoms with Gasteiger partial charge in [0.2, 0.25) is 5.91 Å². The van der Waals surface area contributed by atoms with E-state index in [-0.39, 0.29) is 36.1 Å². The van der Waals surface area contributed by atoms with Gasteiger partial charge < -0.3 is 10.2 Å². The molecule has 0 unspecified atom stereocenters. The van der Waals surface area contributed by atoms with Crippen molar-refractivity contribution in [3.05, 3.63) is 35.1 Å². The highest BCUT2D eigenvalue weighted by Crippen LogP contribution is 2.10. The number of aryl methyl sites for hydroxylation is 1. The molecule has 1 aromatic rings. The first kappa shape index (κ1) is 17.4. The molecule has 0 aromatic heterocycles. The summed E-state index contributed by atoms with van der Waals surface area (Å²) < 4.78 is 36.2. The summed E-state index contributed by atoms with van der Waals surface area (Å²) in [7, 11) is -3.07. The van der Waals surface area contributed by atoms with Crippen molar-refractivity contribution in [2.24, 2.45) is 0 Å². The van der Waals surface area contributed by atoms with E-state index >= 15 is 0 Å². The van der Waals surface area contributed by atoms with E-state index < -0.39 is 27.6 Å². The molecule has 1 aromatic carbocycles. The third-order valence-electron chi connectivity index (χ3n) is 3.81. The largest absolute Gasteiger partial charge is 0.341 e. The minimum Gasteiger partial charge on any atom is -0.341 e. The van der Waals surface area contributed by atoms with Crippen molar-refractivity contribution in [1.82, 2.24) is 10.2 Å². The van der Waals surface area contributed by atoms with Gasteiger partial charge in [-0.25, -0.2) is 12.8 Å². The lowest BCUT2D eigenvalue weighted by Crippen LogP contribution is -2.51. The summed E-state index contributed by atoms with van der Waals surface area (Å²) in [6.07, 6.45) is 0. The maximum Gasteiger partial charge on any atom is 0.252 e. The summed E-state index contributed by atoms with van der Waals surface area (Å²) in [6.45, 7) is 3.36. The van der Waals surface area contributed by atoms with Crippen LogP contribution in [0.4, 0.5) is 4.39 Å². The van der Waals surface area contributed by atoms with Crippen LogP contribution in [0.5, 0.6) is 0 Å². The van der Waals surface area contributed by atoms with Crippen LogP contribution in [-0.4, -0.2) is 55.8 Å². The normalized spacial score (nSPS) is 18.3. The zero-order valence-electron chi connectivity index (χ0n) is 13.0. The number of nitrogens with one attached hydrogen (secondary N) is 1. The second-order valence-electron chi connectivity index (χ2n) is 5.64. The first-order valence-corrected chi connectivity index (χ1v) is 9.08. The Balaban J connectivity index is 1.98. The molecule has 0 aliphatic carbocycles. The van der Waals surface area contributed by atoms with E-state index in [1.54, 1.807) is 6.92 Å². The number of amides is 2. The Morgan fingerprint density at radius 2 is 1.87 bits per heavy atom. The second-order valence-corrected chi connectivity index (χ2v) is 7.94. The Hall–Kier alpha value is -1.96. The number of carbonyl (C=O) groups excluding carboxylic acids is 2. The van der Waals surface area contributed by atoms with E-state index in [0.29, 0.717) is 5.56 Å². The first-order valence-electron chi connectivity index (χ1n) is 7.26. The summed E-state index contributed by atoms with van der Waals surface area (Å²) in [6, 6.07) is 3.28. The number of halogens is 1. The van der Waals surface area contributed by atoms with E-state index in [1.165, 1.54) is 24.0 Å². The lowest BCUT2D eigenvalue weighted by molar-refractivity contribution is -0.132. The van der Waals surface area contributed by atoms with Crippen molar-refractivity contribution >= 4 is 21.7 Å². The molecule has 0 radical (unpaired) electrons. The van der Waals surface area contributed by atoms with Crippen molar-refractivity contribution in [3.63, 3.8) is 0 Å². The summed E-state index contributed by atoms with van der Waals surface area (Å²) in [5.41, 5.74) is 0.564. The fraction of sp³-hybridized carbons (Fsp3) is 0.467. The predicted octanol–water partition coefficient (Wildman–Crippen LogP) is 0.509. The quantitative estimate of drug-likeness (QED) is 0.867. The predicted molar refractivity (Wildman–Crippen MR) is 83.3 cm³/mol. The molecule has 1 N–H and O–H groups in total. The van der Waals surface area contributed by atoms with Crippen LogP contribution < -0.4 is 5.32 Å². The van der Waals surface area contributed by atoms with Crippen LogP contribution in [-0.2, 0) is 14.6 Å². The number of rotatable bonds is 3. The van der Waals surface area contributed by atoms with Gasteiger partial charge in [0.15, 0.2) is 9.84 Å². The van der Waals surface area contributed by atoms with Gasteiger partial charge in [0, 0.05) is 18.7 Å². The Bertz CT molecular complexity index is 719. The van der Waals surface area contributed by atoms with E-state index in [0.717, 1.165) is 6.07 Å². The van der Waals surface area contributed by atoms with Crippen LogP contribution in [0, 0.1) is 12.7 Å². The van der Waals surface area contributed by atoms with Crippen LogP contribution >= 0.6 is 0 Å². The third kappa shape index (κ3) is 4.28. The molecule has 126 valence electrons. The molecule has 1 heterocycles. The van der Waals surface area contributed by atoms with Gasteiger partial charge in [-0.05, 0) is 31.5 Å². The van der Waals surface area contributed by atoms with Gasteiger partial charge in [0.1, 0.15) is 11.9 Å². The van der Waals surface area contributed by atoms with E-state index in [2.05, 4.69) is 5.32 Å². The number of hydrogen-bond acceptors (Lipinski definition) is 4. The fourth-order valence-corrected chi connectivity index (χ4v) is 3.48. The van der Waals surface area contributed by atoms with E-state index in [9.17, 15) is 22.4 Å². The lowest BCUT2D eigenvalue weighted by Gasteiger charge is -2.29. The van der Waals surface area contributed by atoms with Crippen LogP contribution in [0.2, 0.25) is 0 Å². The monoisotopic (exact) mass is 342 g/mol. The van der Waals surface area contributed by atoms with Gasteiger partial charge in [-0.2, -0.15) is 0 Å². The van der Waals surface area contributed by atoms with Crippen LogP contribution in [0.15, 0.2) is 18.2 Å². The molecule has 2 rings (SSSR count). The molecule has 1 saturated heterocycles. The number of sulfone groups is 1. The lowest BCUT2D eigenvalue weighted by atomic mass is 10.1. The molecule has 0 saturated carbocycles. The van der Waals surface area contributed by atoms with Gasteiger partial charge in [-0.1, -0.05) is 6.07 Å². The number of nitrogens with zero attached hydrogens (tertiary/aromatic N) is 1. The molecule has 2 amide bonds.